The molecule has 0 spiro atoms. The molecule has 2 N–H and O–H groups in total. The van der Waals surface area contributed by atoms with Crippen molar-refractivity contribution in [2.45, 2.75) is 44.3 Å². The first kappa shape index (κ1) is 31.2. The van der Waals surface area contributed by atoms with Crippen molar-refractivity contribution in [3.63, 3.8) is 0 Å². The van der Waals surface area contributed by atoms with Crippen LogP contribution in [-0.2, 0) is 13.6 Å². The van der Waals surface area contributed by atoms with Gasteiger partial charge in [-0.05, 0) is 72.7 Å². The van der Waals surface area contributed by atoms with Crippen molar-refractivity contribution in [3.05, 3.63) is 118 Å². The SMILES string of the molecule is Cn1cc(-c2ccc(N(C(=O)NCc3ccccc3)[C@H]3CC[C@H](Nc4ncc(C#N)c(-c5ccc(C#N)s5)n4)CC3)cc2)ccc1=O. The van der Waals surface area contributed by atoms with Gasteiger partial charge < -0.3 is 15.2 Å². The Morgan fingerprint density at radius 3 is 2.38 bits per heavy atom. The lowest BCUT2D eigenvalue weighted by molar-refractivity contribution is 0.240. The molecule has 0 radical (unpaired) electrons. The van der Waals surface area contributed by atoms with Gasteiger partial charge in [0.25, 0.3) is 0 Å². The van der Waals surface area contributed by atoms with E-state index in [1.807, 2.05) is 59.5 Å². The summed E-state index contributed by atoms with van der Waals surface area (Å²) in [6.45, 7) is 0.418. The van der Waals surface area contributed by atoms with Crippen LogP contribution >= 0.6 is 11.3 Å². The number of rotatable bonds is 8. The molecular weight excluding hydrogens is 609 g/mol. The van der Waals surface area contributed by atoms with Crippen molar-refractivity contribution >= 4 is 29.0 Å². The Bertz CT molecular complexity index is 2020. The Hall–Kier alpha value is -5.78. The molecule has 0 aliphatic heterocycles. The number of amides is 2. The van der Waals surface area contributed by atoms with E-state index in [0.717, 1.165) is 52.9 Å². The average Bonchev–Trinajstić information content (AvgIpc) is 3.60. The number of benzene rings is 2. The normalized spacial score (nSPS) is 15.6. The van der Waals surface area contributed by atoms with Crippen molar-refractivity contribution < 1.29 is 4.79 Å². The summed E-state index contributed by atoms with van der Waals surface area (Å²) in [5.74, 6) is 0.431. The first-order valence-corrected chi connectivity index (χ1v) is 16.2. The van der Waals surface area contributed by atoms with Gasteiger partial charge in [-0.2, -0.15) is 10.5 Å². The maximum atomic E-state index is 13.8. The van der Waals surface area contributed by atoms with Gasteiger partial charge in [0, 0.05) is 43.6 Å². The number of urea groups is 1. The quantitative estimate of drug-likeness (QED) is 0.199. The first-order valence-electron chi connectivity index (χ1n) is 15.3. The first-order chi connectivity index (χ1) is 22.9. The summed E-state index contributed by atoms with van der Waals surface area (Å²) < 4.78 is 1.55. The highest BCUT2D eigenvalue weighted by molar-refractivity contribution is 7.16. The van der Waals surface area contributed by atoms with E-state index in [1.54, 1.807) is 42.1 Å². The minimum Gasteiger partial charge on any atom is -0.351 e. The zero-order valence-corrected chi connectivity index (χ0v) is 26.6. The number of hydrogen-bond donors (Lipinski definition) is 2. The monoisotopic (exact) mass is 640 g/mol. The van der Waals surface area contributed by atoms with Gasteiger partial charge in [0.15, 0.2) is 0 Å². The summed E-state index contributed by atoms with van der Waals surface area (Å²) in [6, 6.07) is 28.8. The molecule has 2 aromatic carbocycles. The predicted octanol–water partition coefficient (Wildman–Crippen LogP) is 6.45. The molecule has 11 heteroatoms. The number of pyridine rings is 1. The van der Waals surface area contributed by atoms with E-state index < -0.39 is 0 Å². The molecule has 0 bridgehead atoms. The summed E-state index contributed by atoms with van der Waals surface area (Å²) in [6.07, 6.45) is 6.43. The maximum absolute atomic E-state index is 13.8. The second-order valence-corrected chi connectivity index (χ2v) is 12.5. The zero-order valence-electron chi connectivity index (χ0n) is 25.8. The van der Waals surface area contributed by atoms with Gasteiger partial charge in [-0.25, -0.2) is 14.8 Å². The number of nitrogens with zero attached hydrogens (tertiary/aromatic N) is 6. The third kappa shape index (κ3) is 7.22. The van der Waals surface area contributed by atoms with Gasteiger partial charge in [0.2, 0.25) is 11.5 Å². The fourth-order valence-electron chi connectivity index (χ4n) is 5.84. The Morgan fingerprint density at radius 1 is 0.957 bits per heavy atom. The summed E-state index contributed by atoms with van der Waals surface area (Å²) in [7, 11) is 1.73. The van der Waals surface area contributed by atoms with Gasteiger partial charge in [0.1, 0.15) is 22.7 Å². The molecule has 1 aliphatic carbocycles. The molecule has 234 valence electrons. The van der Waals surface area contributed by atoms with E-state index in [0.29, 0.717) is 28.6 Å². The number of nitrogens with one attached hydrogen (secondary N) is 2. The molecule has 6 rings (SSSR count). The lowest BCUT2D eigenvalue weighted by atomic mass is 9.90. The summed E-state index contributed by atoms with van der Waals surface area (Å²) in [4.78, 5) is 37.8. The second kappa shape index (κ2) is 14.1. The van der Waals surface area contributed by atoms with Crippen molar-refractivity contribution in [2.75, 3.05) is 10.2 Å². The Morgan fingerprint density at radius 2 is 1.70 bits per heavy atom. The number of hydrogen-bond acceptors (Lipinski definition) is 8. The number of aromatic nitrogens is 3. The lowest BCUT2D eigenvalue weighted by Crippen LogP contribution is -2.48. The number of aryl methyl sites for hydroxylation is 1. The van der Waals surface area contributed by atoms with Crippen LogP contribution in [0.15, 0.2) is 96.1 Å². The van der Waals surface area contributed by atoms with Crippen LogP contribution in [0.3, 0.4) is 0 Å². The van der Waals surface area contributed by atoms with Crippen LogP contribution < -0.4 is 21.1 Å². The Balaban J connectivity index is 1.18. The molecule has 0 saturated heterocycles. The summed E-state index contributed by atoms with van der Waals surface area (Å²) in [5, 5.41) is 25.4. The molecule has 47 heavy (non-hydrogen) atoms. The highest BCUT2D eigenvalue weighted by atomic mass is 32.1. The van der Waals surface area contributed by atoms with Gasteiger partial charge in [-0.3, -0.25) is 9.69 Å². The van der Waals surface area contributed by atoms with Crippen molar-refractivity contribution in [1.29, 1.82) is 10.5 Å². The predicted molar refractivity (Wildman–Crippen MR) is 183 cm³/mol. The van der Waals surface area contributed by atoms with Crippen LogP contribution in [0.1, 0.15) is 41.7 Å². The largest absolute Gasteiger partial charge is 0.351 e. The highest BCUT2D eigenvalue weighted by Crippen LogP contribution is 2.32. The molecule has 2 amide bonds. The van der Waals surface area contributed by atoms with E-state index in [-0.39, 0.29) is 23.7 Å². The van der Waals surface area contributed by atoms with Crippen LogP contribution in [0.2, 0.25) is 0 Å². The number of carbonyl (C=O) groups is 1. The van der Waals surface area contributed by atoms with E-state index in [9.17, 15) is 20.1 Å². The molecule has 0 atom stereocenters. The smallest absolute Gasteiger partial charge is 0.322 e. The number of thiophene rings is 1. The Kier molecular flexibility index (Phi) is 9.37. The molecule has 1 saturated carbocycles. The Labute approximate surface area is 276 Å². The van der Waals surface area contributed by atoms with E-state index in [1.165, 1.54) is 17.5 Å². The minimum atomic E-state index is -0.159. The minimum absolute atomic E-state index is 0.0276. The lowest BCUT2D eigenvalue weighted by Gasteiger charge is -2.37. The van der Waals surface area contributed by atoms with Crippen LogP contribution in [0.4, 0.5) is 16.4 Å². The number of nitriles is 2. The van der Waals surface area contributed by atoms with Gasteiger partial charge in [0.05, 0.1) is 16.6 Å². The van der Waals surface area contributed by atoms with Crippen LogP contribution in [0.25, 0.3) is 21.7 Å². The molecule has 10 nitrogen and oxygen atoms in total. The van der Waals surface area contributed by atoms with Gasteiger partial charge >= 0.3 is 6.03 Å². The number of anilines is 2. The summed E-state index contributed by atoms with van der Waals surface area (Å²) >= 11 is 1.29. The highest BCUT2D eigenvalue weighted by Gasteiger charge is 2.30. The number of carbonyl (C=O) groups excluding carboxylic acids is 1. The summed E-state index contributed by atoms with van der Waals surface area (Å²) in [5.41, 5.74) is 4.48. The van der Waals surface area contributed by atoms with Crippen LogP contribution in [0, 0.1) is 22.7 Å². The zero-order chi connectivity index (χ0) is 32.8. The van der Waals surface area contributed by atoms with E-state index in [4.69, 9.17) is 0 Å². The standard InChI is InChI=1S/C36H32N8O2S/c1-43-23-26(9-18-33(43)45)25-7-12-29(13-8-25)44(36(46)40-21-24-5-3-2-4-6-24)30-14-10-28(11-15-30)41-35-39-22-27(19-37)34(42-35)32-17-16-31(20-38)47-32/h2-9,12-13,16-18,22-23,28,30H,10-11,14-15,21H2,1H3,(H,40,46)(H,39,41,42)/t28-,30-. The molecule has 3 aromatic heterocycles. The van der Waals surface area contributed by atoms with Crippen molar-refractivity contribution in [3.8, 4) is 33.8 Å². The van der Waals surface area contributed by atoms with Gasteiger partial charge in [-0.1, -0.05) is 42.5 Å². The fraction of sp³-hybridized carbons (Fsp3) is 0.222. The van der Waals surface area contributed by atoms with Gasteiger partial charge in [-0.15, -0.1) is 11.3 Å². The van der Waals surface area contributed by atoms with Crippen LogP contribution in [0.5, 0.6) is 0 Å². The van der Waals surface area contributed by atoms with Crippen molar-refractivity contribution in [1.82, 2.24) is 19.9 Å². The van der Waals surface area contributed by atoms with Crippen LogP contribution in [-0.4, -0.2) is 32.6 Å². The van der Waals surface area contributed by atoms with E-state index >= 15 is 0 Å². The second-order valence-electron chi connectivity index (χ2n) is 11.4. The molecule has 1 aliphatic rings. The third-order valence-corrected chi connectivity index (χ3v) is 9.32. The molecule has 0 unspecified atom stereocenters. The molecular formula is C36H32N8O2S. The molecule has 3 heterocycles. The van der Waals surface area contributed by atoms with E-state index in [2.05, 4.69) is 32.7 Å². The molecule has 5 aromatic rings. The van der Waals surface area contributed by atoms with Crippen molar-refractivity contribution in [2.24, 2.45) is 7.05 Å². The average molecular weight is 641 g/mol. The molecule has 1 fully saturated rings. The topological polar surface area (TPSA) is 140 Å². The third-order valence-electron chi connectivity index (χ3n) is 8.32. The fourth-order valence-corrected chi connectivity index (χ4v) is 6.65. The maximum Gasteiger partial charge on any atom is 0.322 e.